The molecule has 0 radical (unpaired) electrons. The lowest BCUT2D eigenvalue weighted by atomic mass is 10.1. The third-order valence-electron chi connectivity index (χ3n) is 2.77. The maximum Gasteiger partial charge on any atom is 0.121 e. The van der Waals surface area contributed by atoms with Gasteiger partial charge in [-0.25, -0.2) is 0 Å². The zero-order valence-electron chi connectivity index (χ0n) is 10.8. The highest BCUT2D eigenvalue weighted by molar-refractivity contribution is 5.78. The zero-order valence-corrected chi connectivity index (χ0v) is 10.8. The summed E-state index contributed by atoms with van der Waals surface area (Å²) in [5.41, 5.74) is 4.24. The van der Waals surface area contributed by atoms with E-state index in [1.54, 1.807) is 25.7 Å². The fourth-order valence-corrected chi connectivity index (χ4v) is 1.82. The summed E-state index contributed by atoms with van der Waals surface area (Å²) >= 11 is 0. The van der Waals surface area contributed by atoms with E-state index in [1.807, 2.05) is 26.0 Å². The molecule has 2 rings (SSSR count). The van der Waals surface area contributed by atoms with Gasteiger partial charge in [0, 0.05) is 12.4 Å². The first-order chi connectivity index (χ1) is 8.70. The van der Waals surface area contributed by atoms with Crippen LogP contribution in [-0.2, 0) is 0 Å². The van der Waals surface area contributed by atoms with Crippen LogP contribution in [0.15, 0.2) is 36.8 Å². The normalized spacial score (nSPS) is 11.4. The van der Waals surface area contributed by atoms with Crippen LogP contribution in [0.25, 0.3) is 11.6 Å². The van der Waals surface area contributed by atoms with Crippen molar-refractivity contribution in [2.24, 2.45) is 0 Å². The molecule has 0 N–H and O–H groups in total. The van der Waals surface area contributed by atoms with Gasteiger partial charge in [0.05, 0.1) is 19.0 Å². The number of methoxy groups -OCH3 is 1. The van der Waals surface area contributed by atoms with Crippen LogP contribution < -0.4 is 4.74 Å². The third kappa shape index (κ3) is 2.74. The summed E-state index contributed by atoms with van der Waals surface area (Å²) in [6.07, 6.45) is 7.24. The molecule has 0 saturated carbocycles. The number of ether oxygens (including phenoxy) is 1. The molecule has 0 aliphatic heterocycles. The van der Waals surface area contributed by atoms with E-state index in [9.17, 15) is 0 Å². The molecule has 18 heavy (non-hydrogen) atoms. The maximum absolute atomic E-state index is 5.25. The lowest BCUT2D eigenvalue weighted by Gasteiger charge is -2.06. The van der Waals surface area contributed by atoms with Gasteiger partial charge in [-0.3, -0.25) is 9.97 Å². The van der Waals surface area contributed by atoms with E-state index in [0.717, 1.165) is 28.1 Å². The van der Waals surface area contributed by atoms with Crippen LogP contribution in [0.2, 0.25) is 0 Å². The minimum Gasteiger partial charge on any atom is -0.496 e. The molecule has 0 unspecified atom stereocenters. The average Bonchev–Trinajstić information content (AvgIpc) is 2.40. The van der Waals surface area contributed by atoms with Crippen molar-refractivity contribution in [3.8, 4) is 5.75 Å². The number of aromatic nitrogens is 2. The fraction of sp³-hybridized carbons (Fsp3) is 0.200. The monoisotopic (exact) mass is 240 g/mol. The number of hydrogen-bond donors (Lipinski definition) is 0. The molecule has 1 aromatic carbocycles. The topological polar surface area (TPSA) is 35.0 Å². The Morgan fingerprint density at radius 1 is 1.28 bits per heavy atom. The Bertz CT molecular complexity index is 562. The summed E-state index contributed by atoms with van der Waals surface area (Å²) in [6, 6.07) is 6.11. The number of rotatable bonds is 3. The van der Waals surface area contributed by atoms with Crippen molar-refractivity contribution >= 4 is 11.6 Å². The molecule has 0 amide bonds. The van der Waals surface area contributed by atoms with Crippen LogP contribution in [0.5, 0.6) is 5.75 Å². The Kier molecular flexibility index (Phi) is 3.72. The van der Waals surface area contributed by atoms with Gasteiger partial charge in [0.1, 0.15) is 5.75 Å². The summed E-state index contributed by atoms with van der Waals surface area (Å²) in [6.45, 7) is 4.07. The van der Waals surface area contributed by atoms with Gasteiger partial charge >= 0.3 is 0 Å². The first-order valence-electron chi connectivity index (χ1n) is 5.80. The Morgan fingerprint density at radius 2 is 2.11 bits per heavy atom. The molecule has 1 heterocycles. The van der Waals surface area contributed by atoms with Gasteiger partial charge in [-0.2, -0.15) is 0 Å². The highest BCUT2D eigenvalue weighted by Gasteiger charge is 2.00. The fourth-order valence-electron chi connectivity index (χ4n) is 1.82. The highest BCUT2D eigenvalue weighted by Crippen LogP contribution is 2.21. The van der Waals surface area contributed by atoms with Crippen LogP contribution >= 0.6 is 0 Å². The van der Waals surface area contributed by atoms with Crippen LogP contribution in [0.3, 0.4) is 0 Å². The Labute approximate surface area is 107 Å². The van der Waals surface area contributed by atoms with Crippen LogP contribution in [0.4, 0.5) is 0 Å². The highest BCUT2D eigenvalue weighted by atomic mass is 16.5. The molecule has 1 aromatic heterocycles. The van der Waals surface area contributed by atoms with E-state index in [-0.39, 0.29) is 0 Å². The van der Waals surface area contributed by atoms with E-state index in [2.05, 4.69) is 22.1 Å². The maximum atomic E-state index is 5.25. The predicted octanol–water partition coefficient (Wildman–Crippen LogP) is 3.35. The zero-order chi connectivity index (χ0) is 13.0. The minimum atomic E-state index is 0.894. The second-order valence-corrected chi connectivity index (χ2v) is 4.15. The minimum absolute atomic E-state index is 0.894. The molecule has 0 bridgehead atoms. The van der Waals surface area contributed by atoms with E-state index in [1.165, 1.54) is 0 Å². The molecule has 0 fully saturated rings. The summed E-state index contributed by atoms with van der Waals surface area (Å²) in [7, 11) is 1.68. The summed E-state index contributed by atoms with van der Waals surface area (Å²) in [5.74, 6) is 0.907. The molecule has 0 aliphatic carbocycles. The van der Waals surface area contributed by atoms with Gasteiger partial charge in [0.2, 0.25) is 0 Å². The molecular weight excluding hydrogens is 224 g/mol. The molecule has 2 aromatic rings. The molecule has 0 saturated heterocycles. The van der Waals surface area contributed by atoms with Gasteiger partial charge in [-0.15, -0.1) is 0 Å². The second-order valence-electron chi connectivity index (χ2n) is 4.15. The molecular formula is C15H16N2O. The lowest BCUT2D eigenvalue weighted by Crippen LogP contribution is -1.89. The molecule has 0 aliphatic rings. The van der Waals surface area contributed by atoms with Crippen molar-refractivity contribution in [2.45, 2.75) is 13.8 Å². The summed E-state index contributed by atoms with van der Waals surface area (Å²) in [4.78, 5) is 8.34. The van der Waals surface area contributed by atoms with Gasteiger partial charge in [-0.1, -0.05) is 6.07 Å². The van der Waals surface area contributed by atoms with Crippen LogP contribution in [0, 0.1) is 6.92 Å². The van der Waals surface area contributed by atoms with Crippen molar-refractivity contribution < 1.29 is 4.74 Å². The molecule has 0 atom stereocenters. The lowest BCUT2D eigenvalue weighted by molar-refractivity contribution is 0.411. The van der Waals surface area contributed by atoms with E-state index in [0.29, 0.717) is 0 Å². The number of aryl methyl sites for hydroxylation is 1. The van der Waals surface area contributed by atoms with E-state index in [4.69, 9.17) is 4.74 Å². The quantitative estimate of drug-likeness (QED) is 0.825. The van der Waals surface area contributed by atoms with Gasteiger partial charge in [-0.05, 0) is 48.8 Å². The summed E-state index contributed by atoms with van der Waals surface area (Å²) < 4.78 is 5.25. The van der Waals surface area contributed by atoms with E-state index < -0.39 is 0 Å². The molecule has 3 heteroatoms. The predicted molar refractivity (Wildman–Crippen MR) is 73.3 cm³/mol. The van der Waals surface area contributed by atoms with Crippen molar-refractivity contribution in [1.82, 2.24) is 9.97 Å². The Balaban J connectivity index is 2.31. The van der Waals surface area contributed by atoms with Crippen molar-refractivity contribution in [2.75, 3.05) is 7.11 Å². The summed E-state index contributed by atoms with van der Waals surface area (Å²) in [5, 5.41) is 0. The van der Waals surface area contributed by atoms with Crippen molar-refractivity contribution in [1.29, 1.82) is 0 Å². The average molecular weight is 240 g/mol. The number of benzene rings is 1. The number of hydrogen-bond acceptors (Lipinski definition) is 3. The Hall–Kier alpha value is -2.16. The van der Waals surface area contributed by atoms with Crippen LogP contribution in [0.1, 0.15) is 23.7 Å². The van der Waals surface area contributed by atoms with Crippen molar-refractivity contribution in [3.63, 3.8) is 0 Å². The Morgan fingerprint density at radius 3 is 2.72 bits per heavy atom. The van der Waals surface area contributed by atoms with Crippen LogP contribution in [-0.4, -0.2) is 17.1 Å². The van der Waals surface area contributed by atoms with Gasteiger partial charge < -0.3 is 4.74 Å². The second kappa shape index (κ2) is 5.45. The van der Waals surface area contributed by atoms with E-state index >= 15 is 0 Å². The molecule has 0 spiro atoms. The van der Waals surface area contributed by atoms with Gasteiger partial charge in [0.25, 0.3) is 0 Å². The number of nitrogens with zero attached hydrogens (tertiary/aromatic N) is 2. The number of allylic oxidation sites excluding steroid dienone is 1. The SMILES string of the molecule is COc1ccc(C=C(C)c2cnccn2)cc1C. The first-order valence-corrected chi connectivity index (χ1v) is 5.80. The first kappa shape index (κ1) is 12.3. The standard InChI is InChI=1S/C15H16N2O/c1-11(14-10-16-6-7-17-14)8-13-4-5-15(18-3)12(2)9-13/h4-10H,1-3H3. The molecule has 3 nitrogen and oxygen atoms in total. The smallest absolute Gasteiger partial charge is 0.121 e. The molecule has 92 valence electrons. The largest absolute Gasteiger partial charge is 0.496 e. The third-order valence-corrected chi connectivity index (χ3v) is 2.77. The van der Waals surface area contributed by atoms with Gasteiger partial charge in [0.15, 0.2) is 0 Å². The van der Waals surface area contributed by atoms with Crippen molar-refractivity contribution in [3.05, 3.63) is 53.6 Å².